The Bertz CT molecular complexity index is 392. The molecule has 0 spiro atoms. The first-order valence-corrected chi connectivity index (χ1v) is 7.65. The zero-order valence-electron chi connectivity index (χ0n) is 12.3. The van der Waals surface area contributed by atoms with Crippen molar-refractivity contribution in [3.05, 3.63) is 41.5 Å². The molecule has 0 bridgehead atoms. The van der Waals surface area contributed by atoms with Gasteiger partial charge < -0.3 is 4.74 Å². The number of ether oxygens (including phenoxy) is 1. The smallest absolute Gasteiger partial charge is 0.118 e. The molecule has 0 heterocycles. The molecule has 0 amide bonds. The van der Waals surface area contributed by atoms with Crippen LogP contribution in [0, 0.1) is 0 Å². The first kappa shape index (κ1) is 14.2. The number of hydrogen-bond acceptors (Lipinski definition) is 1. The molecule has 104 valence electrons. The topological polar surface area (TPSA) is 9.23 Å². The second-order valence-corrected chi connectivity index (χ2v) is 5.55. The standard InChI is InChI=1S/C18H26O/c1-3-4-5-6-15-7-9-16(10-8-15)17-11-13-18(19-2)14-12-17/h6,11-14,16H,3-5,7-10H2,1-2H3. The van der Waals surface area contributed by atoms with E-state index in [9.17, 15) is 0 Å². The summed E-state index contributed by atoms with van der Waals surface area (Å²) < 4.78 is 5.22. The Hall–Kier alpha value is -1.24. The van der Waals surface area contributed by atoms with Gasteiger partial charge in [0.15, 0.2) is 0 Å². The molecule has 1 nitrogen and oxygen atoms in total. The second-order valence-electron chi connectivity index (χ2n) is 5.55. The van der Waals surface area contributed by atoms with Gasteiger partial charge in [-0.15, -0.1) is 0 Å². The summed E-state index contributed by atoms with van der Waals surface area (Å²) in [5, 5.41) is 0. The van der Waals surface area contributed by atoms with Crippen molar-refractivity contribution in [1.82, 2.24) is 0 Å². The average Bonchev–Trinajstić information content (AvgIpc) is 2.48. The van der Waals surface area contributed by atoms with E-state index in [0.717, 1.165) is 11.7 Å². The zero-order chi connectivity index (χ0) is 13.5. The second kappa shape index (κ2) is 7.37. The third-order valence-corrected chi connectivity index (χ3v) is 4.21. The molecule has 1 heteroatoms. The first-order chi connectivity index (χ1) is 9.33. The summed E-state index contributed by atoms with van der Waals surface area (Å²) in [6.07, 6.45) is 11.6. The van der Waals surface area contributed by atoms with Crippen LogP contribution in [0.15, 0.2) is 35.9 Å². The number of methoxy groups -OCH3 is 1. The Kier molecular flexibility index (Phi) is 5.50. The Morgan fingerprint density at radius 3 is 2.42 bits per heavy atom. The van der Waals surface area contributed by atoms with Crippen LogP contribution in [0.3, 0.4) is 0 Å². The molecule has 0 atom stereocenters. The Labute approximate surface area is 117 Å². The highest BCUT2D eigenvalue weighted by Gasteiger charge is 2.17. The minimum Gasteiger partial charge on any atom is -0.497 e. The largest absolute Gasteiger partial charge is 0.497 e. The Morgan fingerprint density at radius 1 is 1.16 bits per heavy atom. The van der Waals surface area contributed by atoms with Crippen LogP contribution in [0.25, 0.3) is 0 Å². The van der Waals surface area contributed by atoms with Crippen molar-refractivity contribution in [3.63, 3.8) is 0 Å². The van der Waals surface area contributed by atoms with Gasteiger partial charge in [0.05, 0.1) is 7.11 Å². The monoisotopic (exact) mass is 258 g/mol. The lowest BCUT2D eigenvalue weighted by atomic mass is 9.81. The van der Waals surface area contributed by atoms with Gasteiger partial charge in [-0.3, -0.25) is 0 Å². The van der Waals surface area contributed by atoms with E-state index in [4.69, 9.17) is 4.74 Å². The lowest BCUT2D eigenvalue weighted by Gasteiger charge is -2.24. The zero-order valence-corrected chi connectivity index (χ0v) is 12.3. The van der Waals surface area contributed by atoms with Crippen LogP contribution >= 0.6 is 0 Å². The van der Waals surface area contributed by atoms with Crippen molar-refractivity contribution in [3.8, 4) is 5.75 Å². The van der Waals surface area contributed by atoms with Crippen molar-refractivity contribution in [2.75, 3.05) is 7.11 Å². The van der Waals surface area contributed by atoms with Gasteiger partial charge in [-0.1, -0.05) is 43.5 Å². The lowest BCUT2D eigenvalue weighted by Crippen LogP contribution is -2.06. The highest BCUT2D eigenvalue weighted by molar-refractivity contribution is 5.30. The molecule has 1 aromatic carbocycles. The van der Waals surface area contributed by atoms with Gasteiger partial charge in [0, 0.05) is 0 Å². The molecule has 1 aromatic rings. The van der Waals surface area contributed by atoms with Gasteiger partial charge in [-0.05, 0) is 55.7 Å². The number of hydrogen-bond donors (Lipinski definition) is 0. The molecule has 0 unspecified atom stereocenters. The third kappa shape index (κ3) is 4.12. The van der Waals surface area contributed by atoms with E-state index >= 15 is 0 Å². The molecule has 0 radical (unpaired) electrons. The van der Waals surface area contributed by atoms with Crippen LogP contribution in [0.4, 0.5) is 0 Å². The van der Waals surface area contributed by atoms with Gasteiger partial charge in [0.1, 0.15) is 5.75 Å². The summed E-state index contributed by atoms with van der Waals surface area (Å²) in [4.78, 5) is 0. The summed E-state index contributed by atoms with van der Waals surface area (Å²) in [7, 11) is 1.73. The van der Waals surface area contributed by atoms with Crippen LogP contribution in [-0.4, -0.2) is 7.11 Å². The molecule has 0 saturated heterocycles. The minimum absolute atomic E-state index is 0.745. The van der Waals surface area contributed by atoms with Crippen molar-refractivity contribution in [1.29, 1.82) is 0 Å². The number of allylic oxidation sites excluding steroid dienone is 2. The summed E-state index contributed by atoms with van der Waals surface area (Å²) in [6.45, 7) is 2.26. The van der Waals surface area contributed by atoms with Gasteiger partial charge in [0.25, 0.3) is 0 Å². The van der Waals surface area contributed by atoms with Crippen LogP contribution in [0.2, 0.25) is 0 Å². The molecule has 1 aliphatic rings. The average molecular weight is 258 g/mol. The van der Waals surface area contributed by atoms with Gasteiger partial charge in [-0.25, -0.2) is 0 Å². The number of rotatable bonds is 5. The van der Waals surface area contributed by atoms with Crippen molar-refractivity contribution >= 4 is 0 Å². The molecular formula is C18H26O. The Morgan fingerprint density at radius 2 is 1.84 bits per heavy atom. The normalized spacial score (nSPS) is 19.3. The highest BCUT2D eigenvalue weighted by atomic mass is 16.5. The third-order valence-electron chi connectivity index (χ3n) is 4.21. The van der Waals surface area contributed by atoms with Crippen LogP contribution in [0.1, 0.15) is 63.4 Å². The number of benzene rings is 1. The fourth-order valence-corrected chi connectivity index (χ4v) is 2.91. The van der Waals surface area contributed by atoms with Crippen LogP contribution < -0.4 is 4.74 Å². The maximum absolute atomic E-state index is 5.22. The van der Waals surface area contributed by atoms with E-state index in [1.807, 2.05) is 0 Å². The molecule has 19 heavy (non-hydrogen) atoms. The fraction of sp³-hybridized carbons (Fsp3) is 0.556. The minimum atomic E-state index is 0.745. The van der Waals surface area contributed by atoms with E-state index in [2.05, 4.69) is 37.3 Å². The molecule has 0 aliphatic heterocycles. The van der Waals surface area contributed by atoms with E-state index in [-0.39, 0.29) is 0 Å². The molecule has 0 N–H and O–H groups in total. The quantitative estimate of drug-likeness (QED) is 0.502. The van der Waals surface area contributed by atoms with Crippen LogP contribution in [0.5, 0.6) is 5.75 Å². The predicted molar refractivity (Wildman–Crippen MR) is 81.8 cm³/mol. The highest BCUT2D eigenvalue weighted by Crippen LogP contribution is 2.36. The molecule has 1 fully saturated rings. The fourth-order valence-electron chi connectivity index (χ4n) is 2.91. The van der Waals surface area contributed by atoms with E-state index in [1.54, 1.807) is 12.7 Å². The molecule has 1 aliphatic carbocycles. The SMILES string of the molecule is CCCCC=C1CCC(c2ccc(OC)cc2)CC1. The summed E-state index contributed by atoms with van der Waals surface area (Å²) in [5.74, 6) is 1.70. The van der Waals surface area contributed by atoms with E-state index in [0.29, 0.717) is 0 Å². The van der Waals surface area contributed by atoms with Gasteiger partial charge in [0.2, 0.25) is 0 Å². The van der Waals surface area contributed by atoms with E-state index in [1.165, 1.54) is 50.5 Å². The molecule has 0 aromatic heterocycles. The summed E-state index contributed by atoms with van der Waals surface area (Å²) in [5.41, 5.74) is 3.17. The van der Waals surface area contributed by atoms with Crippen molar-refractivity contribution < 1.29 is 4.74 Å². The van der Waals surface area contributed by atoms with Crippen molar-refractivity contribution in [2.24, 2.45) is 0 Å². The lowest BCUT2D eigenvalue weighted by molar-refractivity contribution is 0.414. The molecule has 2 rings (SSSR count). The van der Waals surface area contributed by atoms with Gasteiger partial charge in [-0.2, -0.15) is 0 Å². The maximum Gasteiger partial charge on any atom is 0.118 e. The molecular weight excluding hydrogens is 232 g/mol. The predicted octanol–water partition coefficient (Wildman–Crippen LogP) is 5.47. The first-order valence-electron chi connectivity index (χ1n) is 7.65. The van der Waals surface area contributed by atoms with Crippen LogP contribution in [-0.2, 0) is 0 Å². The number of unbranched alkanes of at least 4 members (excludes halogenated alkanes) is 2. The molecule has 1 saturated carbocycles. The summed E-state index contributed by atoms with van der Waals surface area (Å²) >= 11 is 0. The van der Waals surface area contributed by atoms with Crippen molar-refractivity contribution in [2.45, 2.75) is 57.8 Å². The van der Waals surface area contributed by atoms with E-state index < -0.39 is 0 Å². The maximum atomic E-state index is 5.22. The van der Waals surface area contributed by atoms with Gasteiger partial charge >= 0.3 is 0 Å². The Balaban J connectivity index is 1.86. The summed E-state index contributed by atoms with van der Waals surface area (Å²) in [6, 6.07) is 8.63.